The number of rotatable bonds is 9. The largest absolute Gasteiger partial charge is 0.493 e. The van der Waals surface area contributed by atoms with Crippen molar-refractivity contribution in [3.8, 4) is 17.2 Å². The minimum Gasteiger partial charge on any atom is -0.493 e. The van der Waals surface area contributed by atoms with Crippen molar-refractivity contribution in [2.75, 3.05) is 34.5 Å². The van der Waals surface area contributed by atoms with Gasteiger partial charge in [-0.15, -0.1) is 0 Å². The summed E-state index contributed by atoms with van der Waals surface area (Å²) in [6, 6.07) is 13.0. The Balaban J connectivity index is 2.20. The lowest BCUT2D eigenvalue weighted by molar-refractivity contribution is 0.0936. The highest BCUT2D eigenvalue weighted by Gasteiger charge is 2.17. The second kappa shape index (κ2) is 9.54. The number of methoxy groups -OCH3 is 3. The minimum absolute atomic E-state index is 0.233. The van der Waals surface area contributed by atoms with Crippen LogP contribution < -0.4 is 19.5 Å². The molecule has 0 spiro atoms. The summed E-state index contributed by atoms with van der Waals surface area (Å²) in [5.74, 6) is 1.10. The Hall–Kier alpha value is -2.73. The summed E-state index contributed by atoms with van der Waals surface area (Å²) >= 11 is 0. The first-order valence-corrected chi connectivity index (χ1v) is 7.89. The third-order valence-corrected chi connectivity index (χ3v) is 3.54. The number of ether oxygens (including phenoxy) is 4. The molecular formula is C19H23NO5. The molecule has 6 heteroatoms. The average Bonchev–Trinajstić information content (AvgIpc) is 2.66. The van der Waals surface area contributed by atoms with E-state index in [0.717, 1.165) is 5.56 Å². The molecule has 0 radical (unpaired) electrons. The van der Waals surface area contributed by atoms with Gasteiger partial charge in [0.2, 0.25) is 5.75 Å². The molecule has 0 aliphatic rings. The van der Waals surface area contributed by atoms with Crippen LogP contribution >= 0.6 is 0 Å². The van der Waals surface area contributed by atoms with E-state index in [1.54, 1.807) is 19.2 Å². The lowest BCUT2D eigenvalue weighted by atomic mass is 10.1. The summed E-state index contributed by atoms with van der Waals surface area (Å²) < 4.78 is 21.6. The van der Waals surface area contributed by atoms with Crippen LogP contribution in [-0.2, 0) is 11.3 Å². The van der Waals surface area contributed by atoms with Crippen molar-refractivity contribution in [1.29, 1.82) is 0 Å². The smallest absolute Gasteiger partial charge is 0.251 e. The Bertz CT molecular complexity index is 662. The van der Waals surface area contributed by atoms with Crippen LogP contribution in [0.3, 0.4) is 0 Å². The molecule has 0 fully saturated rings. The van der Waals surface area contributed by atoms with Crippen LogP contribution in [0.4, 0.5) is 0 Å². The van der Waals surface area contributed by atoms with Gasteiger partial charge in [0.1, 0.15) is 6.61 Å². The first kappa shape index (κ1) is 18.6. The maximum atomic E-state index is 12.2. The molecule has 0 aromatic heterocycles. The number of hydrogen-bond acceptors (Lipinski definition) is 5. The number of benzene rings is 2. The predicted octanol–water partition coefficient (Wildman–Crippen LogP) is 2.66. The Morgan fingerprint density at radius 3 is 2.20 bits per heavy atom. The van der Waals surface area contributed by atoms with Gasteiger partial charge in [0, 0.05) is 19.2 Å². The summed E-state index contributed by atoms with van der Waals surface area (Å²) in [6.07, 6.45) is 0. The van der Waals surface area contributed by atoms with Gasteiger partial charge in [-0.25, -0.2) is 0 Å². The Morgan fingerprint density at radius 1 is 1.00 bits per heavy atom. The minimum atomic E-state index is -0.233. The molecule has 0 aliphatic heterocycles. The van der Waals surface area contributed by atoms with Gasteiger partial charge in [0.25, 0.3) is 5.91 Å². The van der Waals surface area contributed by atoms with Crippen LogP contribution in [0.2, 0.25) is 0 Å². The molecule has 2 aromatic rings. The SMILES string of the molecule is COCCNC(=O)c1cc(OC)c(OCc2ccccc2)c(OC)c1. The molecule has 0 unspecified atom stereocenters. The predicted molar refractivity (Wildman–Crippen MR) is 94.5 cm³/mol. The Labute approximate surface area is 147 Å². The number of carbonyl (C=O) groups excluding carboxylic acids is 1. The average molecular weight is 345 g/mol. The van der Waals surface area contributed by atoms with Gasteiger partial charge in [-0.3, -0.25) is 4.79 Å². The normalized spacial score (nSPS) is 10.2. The fourth-order valence-electron chi connectivity index (χ4n) is 2.25. The lowest BCUT2D eigenvalue weighted by Gasteiger charge is -2.16. The number of hydrogen-bond donors (Lipinski definition) is 1. The molecule has 0 aliphatic carbocycles. The van der Waals surface area contributed by atoms with Crippen LogP contribution in [0.1, 0.15) is 15.9 Å². The summed E-state index contributed by atoms with van der Waals surface area (Å²) in [4.78, 5) is 12.2. The zero-order valence-electron chi connectivity index (χ0n) is 14.7. The van der Waals surface area contributed by atoms with Crippen LogP contribution in [0.5, 0.6) is 17.2 Å². The molecule has 1 N–H and O–H groups in total. The molecule has 0 saturated carbocycles. The first-order valence-electron chi connectivity index (χ1n) is 7.89. The number of amides is 1. The van der Waals surface area contributed by atoms with Gasteiger partial charge in [-0.2, -0.15) is 0 Å². The molecule has 0 atom stereocenters. The Kier molecular flexibility index (Phi) is 7.10. The summed E-state index contributed by atoms with van der Waals surface area (Å²) in [5, 5.41) is 2.76. The van der Waals surface area contributed by atoms with Gasteiger partial charge >= 0.3 is 0 Å². The van der Waals surface area contributed by atoms with E-state index in [-0.39, 0.29) is 5.91 Å². The molecular weight excluding hydrogens is 322 g/mol. The van der Waals surface area contributed by atoms with Gasteiger partial charge in [-0.1, -0.05) is 30.3 Å². The fraction of sp³-hybridized carbons (Fsp3) is 0.316. The first-order chi connectivity index (χ1) is 12.2. The fourth-order valence-corrected chi connectivity index (χ4v) is 2.25. The van der Waals surface area contributed by atoms with Crippen molar-refractivity contribution >= 4 is 5.91 Å². The van der Waals surface area contributed by atoms with Gasteiger partial charge in [0.05, 0.1) is 20.8 Å². The molecule has 134 valence electrons. The highest BCUT2D eigenvalue weighted by atomic mass is 16.5. The molecule has 25 heavy (non-hydrogen) atoms. The van der Waals surface area contributed by atoms with Crippen LogP contribution in [0, 0.1) is 0 Å². The molecule has 0 saturated heterocycles. The Morgan fingerprint density at radius 2 is 1.64 bits per heavy atom. The van der Waals surface area contributed by atoms with E-state index in [2.05, 4.69) is 5.32 Å². The van der Waals surface area contributed by atoms with E-state index < -0.39 is 0 Å². The quantitative estimate of drug-likeness (QED) is 0.708. The van der Waals surface area contributed by atoms with Gasteiger partial charge in [0.15, 0.2) is 11.5 Å². The van der Waals surface area contributed by atoms with E-state index in [4.69, 9.17) is 18.9 Å². The number of nitrogens with one attached hydrogen (secondary N) is 1. The topological polar surface area (TPSA) is 66.0 Å². The highest BCUT2D eigenvalue weighted by Crippen LogP contribution is 2.39. The third kappa shape index (κ3) is 5.12. The molecule has 0 bridgehead atoms. The monoisotopic (exact) mass is 345 g/mol. The van der Waals surface area contributed by atoms with E-state index >= 15 is 0 Å². The van der Waals surface area contributed by atoms with Crippen LogP contribution in [0.15, 0.2) is 42.5 Å². The van der Waals surface area contributed by atoms with Crippen molar-refractivity contribution in [3.05, 3.63) is 53.6 Å². The van der Waals surface area contributed by atoms with E-state index in [1.807, 2.05) is 30.3 Å². The van der Waals surface area contributed by atoms with Crippen molar-refractivity contribution in [2.24, 2.45) is 0 Å². The summed E-state index contributed by atoms with van der Waals surface area (Å²) in [6.45, 7) is 1.23. The van der Waals surface area contributed by atoms with Crippen molar-refractivity contribution in [2.45, 2.75) is 6.61 Å². The van der Waals surface area contributed by atoms with E-state index in [1.165, 1.54) is 14.2 Å². The second-order valence-corrected chi connectivity index (χ2v) is 5.23. The van der Waals surface area contributed by atoms with Crippen LogP contribution in [0.25, 0.3) is 0 Å². The maximum Gasteiger partial charge on any atom is 0.251 e. The molecule has 2 rings (SSSR count). The lowest BCUT2D eigenvalue weighted by Crippen LogP contribution is -2.27. The van der Waals surface area contributed by atoms with Crippen molar-refractivity contribution < 1.29 is 23.7 Å². The molecule has 6 nitrogen and oxygen atoms in total. The van der Waals surface area contributed by atoms with Crippen molar-refractivity contribution in [1.82, 2.24) is 5.32 Å². The van der Waals surface area contributed by atoms with Crippen LogP contribution in [-0.4, -0.2) is 40.4 Å². The van der Waals surface area contributed by atoms with Crippen molar-refractivity contribution in [3.63, 3.8) is 0 Å². The summed E-state index contributed by atoms with van der Waals surface area (Å²) in [5.41, 5.74) is 1.45. The molecule has 0 heterocycles. The zero-order valence-corrected chi connectivity index (χ0v) is 14.7. The number of carbonyl (C=O) groups is 1. The summed E-state index contributed by atoms with van der Waals surface area (Å²) in [7, 11) is 4.63. The second-order valence-electron chi connectivity index (χ2n) is 5.23. The van der Waals surface area contributed by atoms with E-state index in [9.17, 15) is 4.79 Å². The van der Waals surface area contributed by atoms with Gasteiger partial charge in [-0.05, 0) is 17.7 Å². The molecule has 1 amide bonds. The van der Waals surface area contributed by atoms with E-state index in [0.29, 0.717) is 42.6 Å². The molecule has 2 aromatic carbocycles. The van der Waals surface area contributed by atoms with Gasteiger partial charge < -0.3 is 24.3 Å². The zero-order chi connectivity index (χ0) is 18.1. The highest BCUT2D eigenvalue weighted by molar-refractivity contribution is 5.95. The standard InChI is InChI=1S/C19H23NO5/c1-22-10-9-20-19(21)15-11-16(23-2)18(17(12-15)24-3)25-13-14-7-5-4-6-8-14/h4-8,11-12H,9-10,13H2,1-3H3,(H,20,21). The maximum absolute atomic E-state index is 12.2. The third-order valence-electron chi connectivity index (χ3n) is 3.54.